The Morgan fingerprint density at radius 2 is 1.96 bits per heavy atom. The van der Waals surface area contributed by atoms with Crippen LogP contribution >= 0.6 is 0 Å². The molecule has 26 heavy (non-hydrogen) atoms. The highest BCUT2D eigenvalue weighted by atomic mass is 16.2. The smallest absolute Gasteiger partial charge is 0.275 e. The van der Waals surface area contributed by atoms with E-state index in [1.807, 2.05) is 36.5 Å². The number of amides is 1. The van der Waals surface area contributed by atoms with Gasteiger partial charge in [-0.2, -0.15) is 5.10 Å². The monoisotopic (exact) mass is 345 g/mol. The quantitative estimate of drug-likeness (QED) is 0.634. The van der Waals surface area contributed by atoms with Gasteiger partial charge in [0.1, 0.15) is 5.65 Å². The molecule has 3 N–H and O–H groups in total. The molecule has 0 unspecified atom stereocenters. The molecule has 3 aromatic rings. The number of hydrogen-bond donors (Lipinski definition) is 3. The van der Waals surface area contributed by atoms with Crippen molar-refractivity contribution in [2.45, 2.75) is 19.8 Å². The molecule has 0 atom stereocenters. The molecular formula is C20H19N5O. The van der Waals surface area contributed by atoms with Gasteiger partial charge in [-0.3, -0.25) is 4.79 Å². The molecule has 3 heterocycles. The zero-order valence-electron chi connectivity index (χ0n) is 14.6. The van der Waals surface area contributed by atoms with E-state index in [-0.39, 0.29) is 5.91 Å². The summed E-state index contributed by atoms with van der Waals surface area (Å²) in [6.45, 7) is 4.31. The van der Waals surface area contributed by atoms with Crippen LogP contribution in [0.4, 0.5) is 5.69 Å². The van der Waals surface area contributed by atoms with Gasteiger partial charge in [0.05, 0.1) is 5.57 Å². The van der Waals surface area contributed by atoms with E-state index in [4.69, 9.17) is 0 Å². The fourth-order valence-electron chi connectivity index (χ4n) is 2.90. The van der Waals surface area contributed by atoms with Gasteiger partial charge in [-0.05, 0) is 41.8 Å². The van der Waals surface area contributed by atoms with Crippen LogP contribution in [0.25, 0.3) is 17.1 Å². The molecule has 0 aliphatic carbocycles. The van der Waals surface area contributed by atoms with Crippen molar-refractivity contribution in [2.24, 2.45) is 5.10 Å². The van der Waals surface area contributed by atoms with Crippen molar-refractivity contribution >= 4 is 34.5 Å². The third-order valence-electron chi connectivity index (χ3n) is 4.39. The van der Waals surface area contributed by atoms with Gasteiger partial charge in [0.25, 0.3) is 5.91 Å². The molecule has 0 saturated carbocycles. The molecule has 1 aliphatic heterocycles. The van der Waals surface area contributed by atoms with Gasteiger partial charge in [-0.15, -0.1) is 0 Å². The maximum absolute atomic E-state index is 12.2. The van der Waals surface area contributed by atoms with Crippen LogP contribution in [0.15, 0.2) is 59.5 Å². The van der Waals surface area contributed by atoms with Crippen molar-refractivity contribution in [1.29, 1.82) is 0 Å². The molecule has 2 aromatic heterocycles. The van der Waals surface area contributed by atoms with Crippen molar-refractivity contribution < 1.29 is 4.79 Å². The number of carbonyl (C=O) groups is 1. The van der Waals surface area contributed by atoms with Crippen molar-refractivity contribution in [3.63, 3.8) is 0 Å². The summed E-state index contributed by atoms with van der Waals surface area (Å²) in [4.78, 5) is 19.6. The van der Waals surface area contributed by atoms with Gasteiger partial charge in [0.15, 0.2) is 5.84 Å². The number of hydrogen-bond acceptors (Lipinski definition) is 4. The summed E-state index contributed by atoms with van der Waals surface area (Å²) in [5.74, 6) is 0.747. The third kappa shape index (κ3) is 2.97. The van der Waals surface area contributed by atoms with E-state index in [9.17, 15) is 4.79 Å². The van der Waals surface area contributed by atoms with Crippen molar-refractivity contribution in [3.8, 4) is 0 Å². The fraction of sp³-hybridized carbons (Fsp3) is 0.150. The number of anilines is 1. The second-order valence-corrected chi connectivity index (χ2v) is 6.50. The Bertz CT molecular complexity index is 1030. The first-order valence-electron chi connectivity index (χ1n) is 8.51. The number of aromatic amines is 1. The number of nitrogens with zero attached hydrogens (tertiary/aromatic N) is 2. The average molecular weight is 345 g/mol. The van der Waals surface area contributed by atoms with E-state index < -0.39 is 0 Å². The maximum Gasteiger partial charge on any atom is 0.275 e. The molecule has 6 nitrogen and oxygen atoms in total. The average Bonchev–Trinajstić information content (AvgIpc) is 3.21. The van der Waals surface area contributed by atoms with Crippen molar-refractivity contribution in [3.05, 3.63) is 65.5 Å². The summed E-state index contributed by atoms with van der Waals surface area (Å²) in [7, 11) is 0. The Morgan fingerprint density at radius 3 is 2.73 bits per heavy atom. The van der Waals surface area contributed by atoms with E-state index in [0.29, 0.717) is 17.3 Å². The largest absolute Gasteiger partial charge is 0.346 e. The van der Waals surface area contributed by atoms with Gasteiger partial charge < -0.3 is 10.3 Å². The Balaban J connectivity index is 1.63. The highest BCUT2D eigenvalue weighted by Crippen LogP contribution is 2.22. The Morgan fingerprint density at radius 1 is 1.15 bits per heavy atom. The zero-order chi connectivity index (χ0) is 18.1. The van der Waals surface area contributed by atoms with Crippen LogP contribution in [0.2, 0.25) is 0 Å². The van der Waals surface area contributed by atoms with Crippen LogP contribution in [-0.4, -0.2) is 21.7 Å². The van der Waals surface area contributed by atoms with Gasteiger partial charge in [0, 0.05) is 29.0 Å². The second-order valence-electron chi connectivity index (χ2n) is 6.50. The first-order chi connectivity index (χ1) is 12.6. The summed E-state index contributed by atoms with van der Waals surface area (Å²) >= 11 is 0. The van der Waals surface area contributed by atoms with Crippen LogP contribution in [-0.2, 0) is 4.79 Å². The predicted molar refractivity (Wildman–Crippen MR) is 104 cm³/mol. The molecule has 0 saturated heterocycles. The molecule has 1 aromatic carbocycles. The van der Waals surface area contributed by atoms with E-state index in [1.54, 1.807) is 6.20 Å². The van der Waals surface area contributed by atoms with Gasteiger partial charge in [-0.25, -0.2) is 10.4 Å². The number of benzene rings is 1. The van der Waals surface area contributed by atoms with Gasteiger partial charge in [-0.1, -0.05) is 26.0 Å². The lowest BCUT2D eigenvalue weighted by molar-refractivity contribution is -0.116. The Labute approximate surface area is 151 Å². The van der Waals surface area contributed by atoms with E-state index in [2.05, 4.69) is 51.8 Å². The van der Waals surface area contributed by atoms with E-state index in [1.165, 1.54) is 5.56 Å². The maximum atomic E-state index is 12.2. The number of aromatic nitrogens is 2. The third-order valence-corrected chi connectivity index (χ3v) is 4.39. The molecule has 1 amide bonds. The highest BCUT2D eigenvalue weighted by Gasteiger charge is 2.23. The standard InChI is InChI=1S/C20H19N5O/c1-12(2)13-5-7-15(8-6-13)23-19-17(20(26)25-24-19)10-14-11-22-18-16(14)4-3-9-21-18/h3-12H,1-2H3,(H,21,22)(H,23,24)(H,25,26). The fourth-order valence-corrected chi connectivity index (χ4v) is 2.90. The molecule has 0 fully saturated rings. The van der Waals surface area contributed by atoms with E-state index in [0.717, 1.165) is 22.3 Å². The van der Waals surface area contributed by atoms with Crippen molar-refractivity contribution in [1.82, 2.24) is 15.4 Å². The molecule has 0 radical (unpaired) electrons. The number of pyridine rings is 1. The van der Waals surface area contributed by atoms with Crippen LogP contribution in [0, 0.1) is 0 Å². The highest BCUT2D eigenvalue weighted by molar-refractivity contribution is 6.30. The first kappa shape index (κ1) is 16.1. The SMILES string of the molecule is CC(C)c1ccc(NC2=NNC(=O)C2=Cc2c[nH]c3ncccc23)cc1. The molecule has 1 aliphatic rings. The van der Waals surface area contributed by atoms with Crippen LogP contribution < -0.4 is 10.7 Å². The molecule has 6 heteroatoms. The predicted octanol–water partition coefficient (Wildman–Crippen LogP) is 3.63. The second kappa shape index (κ2) is 6.48. The minimum atomic E-state index is -0.232. The van der Waals surface area contributed by atoms with Crippen molar-refractivity contribution in [2.75, 3.05) is 5.32 Å². The Hall–Kier alpha value is -3.41. The Kier molecular flexibility index (Phi) is 4.01. The normalized spacial score (nSPS) is 15.6. The summed E-state index contributed by atoms with van der Waals surface area (Å²) < 4.78 is 0. The summed E-state index contributed by atoms with van der Waals surface area (Å²) in [6.07, 6.45) is 5.38. The number of fused-ring (bicyclic) bond motifs is 1. The number of nitrogens with one attached hydrogen (secondary N) is 3. The molecule has 0 spiro atoms. The molecule has 130 valence electrons. The zero-order valence-corrected chi connectivity index (χ0v) is 14.6. The van der Waals surface area contributed by atoms with Gasteiger partial charge in [0.2, 0.25) is 0 Å². The van der Waals surface area contributed by atoms with Crippen LogP contribution in [0.1, 0.15) is 30.9 Å². The topological polar surface area (TPSA) is 82.2 Å². The lowest BCUT2D eigenvalue weighted by Crippen LogP contribution is -2.17. The summed E-state index contributed by atoms with van der Waals surface area (Å²) in [5.41, 5.74) is 6.84. The first-order valence-corrected chi connectivity index (χ1v) is 8.51. The van der Waals surface area contributed by atoms with Gasteiger partial charge >= 0.3 is 0 Å². The number of carbonyl (C=O) groups excluding carboxylic acids is 1. The minimum Gasteiger partial charge on any atom is -0.346 e. The number of rotatable bonds is 3. The summed E-state index contributed by atoms with van der Waals surface area (Å²) in [6, 6.07) is 12.0. The van der Waals surface area contributed by atoms with Crippen LogP contribution in [0.5, 0.6) is 0 Å². The lowest BCUT2D eigenvalue weighted by atomic mass is 10.0. The number of H-pyrrole nitrogens is 1. The minimum absolute atomic E-state index is 0.232. The number of hydrazone groups is 1. The lowest BCUT2D eigenvalue weighted by Gasteiger charge is -2.09. The molecular weight excluding hydrogens is 326 g/mol. The van der Waals surface area contributed by atoms with Crippen LogP contribution in [0.3, 0.4) is 0 Å². The molecule has 4 rings (SSSR count). The number of amidine groups is 1. The van der Waals surface area contributed by atoms with E-state index >= 15 is 0 Å². The molecule has 0 bridgehead atoms. The summed E-state index contributed by atoms with van der Waals surface area (Å²) in [5, 5.41) is 8.30.